The van der Waals surface area contributed by atoms with E-state index in [9.17, 15) is 9.59 Å². The number of benzene rings is 1. The van der Waals surface area contributed by atoms with Crippen molar-refractivity contribution in [1.29, 1.82) is 0 Å². The van der Waals surface area contributed by atoms with Crippen LogP contribution in [-0.4, -0.2) is 48.0 Å². The van der Waals surface area contributed by atoms with Gasteiger partial charge in [0.15, 0.2) is 5.11 Å². The number of anilines is 2. The van der Waals surface area contributed by atoms with Gasteiger partial charge in [0.05, 0.1) is 10.7 Å². The highest BCUT2D eigenvalue weighted by Gasteiger charge is 2.22. The number of carbonyl (C=O) groups is 2. The van der Waals surface area contributed by atoms with Gasteiger partial charge < -0.3 is 20.4 Å². The summed E-state index contributed by atoms with van der Waals surface area (Å²) in [5.74, 6) is 0.150. The van der Waals surface area contributed by atoms with E-state index in [1.165, 1.54) is 0 Å². The number of hydrogen-bond acceptors (Lipinski definition) is 4. The Morgan fingerprint density at radius 1 is 1.07 bits per heavy atom. The van der Waals surface area contributed by atoms with E-state index in [-0.39, 0.29) is 16.9 Å². The van der Waals surface area contributed by atoms with E-state index in [1.807, 2.05) is 24.0 Å². The number of thiocarbonyl (C=S) groups is 1. The predicted octanol–water partition coefficient (Wildman–Crippen LogP) is 4.18. The van der Waals surface area contributed by atoms with Crippen LogP contribution in [0, 0.1) is 0 Å². The molecule has 2 amide bonds. The summed E-state index contributed by atoms with van der Waals surface area (Å²) in [6.07, 6.45) is 4.93. The number of nitrogens with zero attached hydrogens (tertiary/aromatic N) is 2. The first kappa shape index (κ1) is 23.4. The van der Waals surface area contributed by atoms with E-state index in [2.05, 4.69) is 22.5 Å². The zero-order valence-electron chi connectivity index (χ0n) is 17.3. The highest BCUT2D eigenvalue weighted by Crippen LogP contribution is 2.29. The van der Waals surface area contributed by atoms with Crippen LogP contribution in [0.4, 0.5) is 11.4 Å². The molecule has 1 aliphatic rings. The molecule has 0 aliphatic carbocycles. The Kier molecular flexibility index (Phi) is 9.67. The molecule has 1 saturated heterocycles. The molecule has 6 nitrogen and oxygen atoms in total. The summed E-state index contributed by atoms with van der Waals surface area (Å²) in [4.78, 5) is 28.0. The number of unbranched alkanes of at least 4 members (excludes halogenated alkanes) is 2. The van der Waals surface area contributed by atoms with Crippen molar-refractivity contribution >= 4 is 52.1 Å². The second-order valence-corrected chi connectivity index (χ2v) is 8.06. The quantitative estimate of drug-likeness (QED) is 0.470. The molecule has 1 heterocycles. The molecular weight excluding hydrogens is 408 g/mol. The minimum absolute atomic E-state index is 0.0749. The van der Waals surface area contributed by atoms with Crippen molar-refractivity contribution < 1.29 is 9.59 Å². The van der Waals surface area contributed by atoms with Crippen LogP contribution in [0.1, 0.15) is 52.4 Å². The molecule has 1 aromatic rings. The molecule has 1 aromatic carbocycles. The highest BCUT2D eigenvalue weighted by molar-refractivity contribution is 7.80. The number of rotatable bonds is 8. The van der Waals surface area contributed by atoms with Gasteiger partial charge in [0.2, 0.25) is 11.8 Å². The van der Waals surface area contributed by atoms with Crippen molar-refractivity contribution in [2.45, 2.75) is 52.4 Å². The van der Waals surface area contributed by atoms with Crippen LogP contribution in [0.15, 0.2) is 18.2 Å². The summed E-state index contributed by atoms with van der Waals surface area (Å²) < 4.78 is 0. The third kappa shape index (κ3) is 7.48. The fraction of sp³-hybridized carbons (Fsp3) is 0.571. The lowest BCUT2D eigenvalue weighted by Gasteiger charge is -2.36. The number of piperazine rings is 1. The Bertz CT molecular complexity index is 721. The summed E-state index contributed by atoms with van der Waals surface area (Å²) >= 11 is 11.7. The first-order valence-corrected chi connectivity index (χ1v) is 11.2. The molecular formula is C21H31ClN4O2S. The maximum atomic E-state index is 12.0. The lowest BCUT2D eigenvalue weighted by atomic mass is 10.2. The SMILES string of the molecule is CCCCCC(=O)NC(=S)Nc1ccc(N2CCN(C(=O)CCC)CC2)c(Cl)c1. The Balaban J connectivity index is 1.86. The van der Waals surface area contributed by atoms with Crippen molar-refractivity contribution in [2.75, 3.05) is 36.4 Å². The molecule has 1 aliphatic heterocycles. The zero-order valence-corrected chi connectivity index (χ0v) is 18.9. The number of amides is 2. The molecule has 0 spiro atoms. The van der Waals surface area contributed by atoms with E-state index in [0.29, 0.717) is 31.0 Å². The van der Waals surface area contributed by atoms with Crippen LogP contribution in [0.3, 0.4) is 0 Å². The van der Waals surface area contributed by atoms with Crippen LogP contribution in [0.5, 0.6) is 0 Å². The van der Waals surface area contributed by atoms with E-state index in [1.54, 1.807) is 6.07 Å². The van der Waals surface area contributed by atoms with Crippen molar-refractivity contribution in [3.8, 4) is 0 Å². The molecule has 0 aromatic heterocycles. The van der Waals surface area contributed by atoms with Gasteiger partial charge in [0.1, 0.15) is 0 Å². The summed E-state index contributed by atoms with van der Waals surface area (Å²) in [5.41, 5.74) is 1.67. The summed E-state index contributed by atoms with van der Waals surface area (Å²) in [5, 5.41) is 6.60. The largest absolute Gasteiger partial charge is 0.367 e. The molecule has 29 heavy (non-hydrogen) atoms. The molecule has 0 bridgehead atoms. The van der Waals surface area contributed by atoms with Crippen molar-refractivity contribution in [2.24, 2.45) is 0 Å². The first-order chi connectivity index (χ1) is 13.9. The van der Waals surface area contributed by atoms with E-state index < -0.39 is 0 Å². The number of nitrogens with one attached hydrogen (secondary N) is 2. The summed E-state index contributed by atoms with van der Waals surface area (Å²) in [7, 11) is 0. The van der Waals surface area contributed by atoms with Crippen LogP contribution in [0.2, 0.25) is 5.02 Å². The van der Waals surface area contributed by atoms with Gasteiger partial charge in [-0.15, -0.1) is 0 Å². The Labute approximate surface area is 184 Å². The molecule has 2 N–H and O–H groups in total. The molecule has 1 fully saturated rings. The smallest absolute Gasteiger partial charge is 0.226 e. The number of carbonyl (C=O) groups excluding carboxylic acids is 2. The Morgan fingerprint density at radius 2 is 1.79 bits per heavy atom. The molecule has 0 unspecified atom stereocenters. The van der Waals surface area contributed by atoms with Crippen molar-refractivity contribution in [1.82, 2.24) is 10.2 Å². The molecule has 160 valence electrons. The maximum Gasteiger partial charge on any atom is 0.226 e. The third-order valence-corrected chi connectivity index (χ3v) is 5.41. The second kappa shape index (κ2) is 12.0. The van der Waals surface area contributed by atoms with E-state index in [0.717, 1.165) is 50.1 Å². The number of hydrogen-bond donors (Lipinski definition) is 2. The van der Waals surface area contributed by atoms with Crippen LogP contribution < -0.4 is 15.5 Å². The topological polar surface area (TPSA) is 64.7 Å². The first-order valence-electron chi connectivity index (χ1n) is 10.4. The number of halogens is 1. The average Bonchev–Trinajstić information content (AvgIpc) is 2.68. The average molecular weight is 439 g/mol. The standard InChI is InChI=1S/C21H31ClN4O2S/c1-3-5-6-8-19(27)24-21(29)23-16-9-10-18(17(22)15-16)25-11-13-26(14-12-25)20(28)7-4-2/h9-10,15H,3-8,11-14H2,1-2H3,(H2,23,24,27,29). The normalized spacial score (nSPS) is 13.9. The molecule has 8 heteroatoms. The molecule has 0 radical (unpaired) electrons. The maximum absolute atomic E-state index is 12.0. The minimum Gasteiger partial charge on any atom is -0.367 e. The fourth-order valence-electron chi connectivity index (χ4n) is 3.30. The molecule has 0 atom stereocenters. The molecule has 0 saturated carbocycles. The predicted molar refractivity (Wildman–Crippen MR) is 124 cm³/mol. The lowest BCUT2D eigenvalue weighted by Crippen LogP contribution is -2.48. The van der Waals surface area contributed by atoms with Gasteiger partial charge >= 0.3 is 0 Å². The van der Waals surface area contributed by atoms with Gasteiger partial charge in [-0.3, -0.25) is 9.59 Å². The van der Waals surface area contributed by atoms with Gasteiger partial charge in [-0.05, 0) is 43.3 Å². The Morgan fingerprint density at radius 3 is 2.41 bits per heavy atom. The van der Waals surface area contributed by atoms with E-state index >= 15 is 0 Å². The second-order valence-electron chi connectivity index (χ2n) is 7.24. The summed E-state index contributed by atoms with van der Waals surface area (Å²) in [6, 6.07) is 5.65. The summed E-state index contributed by atoms with van der Waals surface area (Å²) in [6.45, 7) is 7.06. The highest BCUT2D eigenvalue weighted by atomic mass is 35.5. The van der Waals surface area contributed by atoms with Crippen LogP contribution in [-0.2, 0) is 9.59 Å². The third-order valence-electron chi connectivity index (χ3n) is 4.90. The lowest BCUT2D eigenvalue weighted by molar-refractivity contribution is -0.131. The van der Waals surface area contributed by atoms with Crippen LogP contribution >= 0.6 is 23.8 Å². The van der Waals surface area contributed by atoms with Gasteiger partial charge in [0, 0.05) is 44.7 Å². The fourth-order valence-corrected chi connectivity index (χ4v) is 3.83. The zero-order chi connectivity index (χ0) is 21.2. The van der Waals surface area contributed by atoms with Gasteiger partial charge in [-0.1, -0.05) is 38.3 Å². The van der Waals surface area contributed by atoms with Gasteiger partial charge in [-0.25, -0.2) is 0 Å². The van der Waals surface area contributed by atoms with Crippen LogP contribution in [0.25, 0.3) is 0 Å². The van der Waals surface area contributed by atoms with Crippen molar-refractivity contribution in [3.05, 3.63) is 23.2 Å². The molecule has 2 rings (SSSR count). The van der Waals surface area contributed by atoms with E-state index in [4.69, 9.17) is 23.8 Å². The monoisotopic (exact) mass is 438 g/mol. The van der Waals surface area contributed by atoms with Crippen molar-refractivity contribution in [3.63, 3.8) is 0 Å². The van der Waals surface area contributed by atoms with Gasteiger partial charge in [-0.2, -0.15) is 0 Å². The van der Waals surface area contributed by atoms with Gasteiger partial charge in [0.25, 0.3) is 0 Å². The Hall–Kier alpha value is -1.86. The minimum atomic E-state index is -0.0749.